The van der Waals surface area contributed by atoms with Crippen molar-refractivity contribution in [2.75, 3.05) is 18.5 Å². The Balaban J connectivity index is 1.45. The number of nitrogens with zero attached hydrogens (tertiary/aromatic N) is 6. The molecule has 0 radical (unpaired) electrons. The van der Waals surface area contributed by atoms with E-state index in [-0.39, 0.29) is 5.91 Å². The number of allylic oxidation sites excluding steroid dienone is 1. The predicted molar refractivity (Wildman–Crippen MR) is 119 cm³/mol. The molecule has 0 aromatic carbocycles. The molecule has 0 spiro atoms. The molecule has 5 rings (SSSR count). The van der Waals surface area contributed by atoms with Gasteiger partial charge in [-0.15, -0.1) is 11.3 Å². The summed E-state index contributed by atoms with van der Waals surface area (Å²) in [5.41, 5.74) is 5.14. The second-order valence-electron chi connectivity index (χ2n) is 6.99. The maximum atomic E-state index is 12.8. The van der Waals surface area contributed by atoms with Gasteiger partial charge in [0, 0.05) is 36.7 Å². The number of fused-ring (bicyclic) bond motifs is 1. The lowest BCUT2D eigenvalue weighted by molar-refractivity contribution is 0.0992. The van der Waals surface area contributed by atoms with Gasteiger partial charge in [-0.05, 0) is 42.3 Å². The highest BCUT2D eigenvalue weighted by Crippen LogP contribution is 2.24. The first-order valence-corrected chi connectivity index (χ1v) is 10.3. The molecule has 148 valence electrons. The molecule has 1 amide bonds. The molecule has 0 aliphatic carbocycles. The van der Waals surface area contributed by atoms with Crippen LogP contribution in [-0.2, 0) is 0 Å². The van der Waals surface area contributed by atoms with E-state index in [9.17, 15) is 4.79 Å². The average Bonchev–Trinajstić information content (AvgIpc) is 3.53. The molecule has 1 aliphatic heterocycles. The van der Waals surface area contributed by atoms with Gasteiger partial charge in [0.1, 0.15) is 5.65 Å². The first-order valence-electron chi connectivity index (χ1n) is 9.44. The first kappa shape index (κ1) is 18.4. The van der Waals surface area contributed by atoms with Crippen LogP contribution in [-0.4, -0.2) is 45.1 Å². The molecular weight excluding hydrogens is 396 g/mol. The van der Waals surface area contributed by atoms with Crippen LogP contribution >= 0.6 is 11.3 Å². The van der Waals surface area contributed by atoms with Crippen molar-refractivity contribution in [1.82, 2.24) is 19.4 Å². The van der Waals surface area contributed by atoms with Gasteiger partial charge in [0.2, 0.25) is 0 Å². The normalized spacial score (nSPS) is 13.1. The second kappa shape index (κ2) is 7.31. The molecule has 4 aromatic rings. The van der Waals surface area contributed by atoms with Gasteiger partial charge in [-0.2, -0.15) is 0 Å². The third-order valence-electron chi connectivity index (χ3n) is 4.96. The fraction of sp³-hybridized carbons (Fsp3) is 0.136. The summed E-state index contributed by atoms with van der Waals surface area (Å²) in [7, 11) is 1.72. The Bertz CT molecular complexity index is 1320. The minimum absolute atomic E-state index is 0.142. The Morgan fingerprint density at radius 1 is 1.10 bits per heavy atom. The van der Waals surface area contributed by atoms with Gasteiger partial charge in [0.05, 0.1) is 29.7 Å². The number of hydrogen-bond donors (Lipinski definition) is 0. The molecule has 0 bridgehead atoms. The van der Waals surface area contributed by atoms with E-state index in [4.69, 9.17) is 0 Å². The van der Waals surface area contributed by atoms with Gasteiger partial charge in [0.15, 0.2) is 5.13 Å². The zero-order valence-corrected chi connectivity index (χ0v) is 17.3. The van der Waals surface area contributed by atoms with Crippen LogP contribution in [0.3, 0.4) is 0 Å². The van der Waals surface area contributed by atoms with Gasteiger partial charge in [0.25, 0.3) is 5.91 Å². The van der Waals surface area contributed by atoms with Gasteiger partial charge < -0.3 is 0 Å². The molecule has 30 heavy (non-hydrogen) atoms. The number of rotatable bonds is 4. The van der Waals surface area contributed by atoms with Crippen LogP contribution in [0.2, 0.25) is 0 Å². The fourth-order valence-corrected chi connectivity index (χ4v) is 4.06. The van der Waals surface area contributed by atoms with E-state index in [1.54, 1.807) is 36.6 Å². The van der Waals surface area contributed by atoms with E-state index in [1.807, 2.05) is 41.9 Å². The maximum Gasteiger partial charge on any atom is 0.261 e. The van der Waals surface area contributed by atoms with E-state index in [2.05, 4.69) is 26.0 Å². The van der Waals surface area contributed by atoms with Gasteiger partial charge in [-0.25, -0.2) is 9.97 Å². The van der Waals surface area contributed by atoms with Crippen molar-refractivity contribution in [1.29, 1.82) is 0 Å². The van der Waals surface area contributed by atoms with E-state index in [0.717, 1.165) is 39.6 Å². The molecule has 0 unspecified atom stereocenters. The smallest absolute Gasteiger partial charge is 0.261 e. The van der Waals surface area contributed by atoms with Crippen LogP contribution in [0.4, 0.5) is 5.13 Å². The Hall–Kier alpha value is -3.65. The summed E-state index contributed by atoms with van der Waals surface area (Å²) in [5, 5.41) is 0.667. The van der Waals surface area contributed by atoms with Crippen LogP contribution in [0.1, 0.15) is 20.8 Å². The molecule has 0 saturated carbocycles. The van der Waals surface area contributed by atoms with Crippen molar-refractivity contribution >= 4 is 39.8 Å². The molecule has 5 heterocycles. The number of aromatic nitrogens is 4. The Labute approximate surface area is 177 Å². The highest BCUT2D eigenvalue weighted by atomic mass is 32.1. The minimum atomic E-state index is -0.142. The van der Waals surface area contributed by atoms with Crippen LogP contribution in [0, 0.1) is 6.92 Å². The number of pyridine rings is 2. The van der Waals surface area contributed by atoms with E-state index < -0.39 is 0 Å². The predicted octanol–water partition coefficient (Wildman–Crippen LogP) is 3.91. The third-order valence-corrected chi connectivity index (χ3v) is 5.95. The number of anilines is 1. The number of hydrogen-bond acceptors (Lipinski definition) is 6. The van der Waals surface area contributed by atoms with Gasteiger partial charge >= 0.3 is 0 Å². The number of amides is 1. The Morgan fingerprint density at radius 2 is 2.00 bits per heavy atom. The Kier molecular flexibility index (Phi) is 4.48. The minimum Gasteiger partial charge on any atom is -0.298 e. The van der Waals surface area contributed by atoms with Crippen molar-refractivity contribution in [2.45, 2.75) is 6.92 Å². The molecule has 0 N–H and O–H groups in total. The van der Waals surface area contributed by atoms with Crippen LogP contribution in [0.25, 0.3) is 22.6 Å². The number of carbonyl (C=O) groups is 1. The summed E-state index contributed by atoms with van der Waals surface area (Å²) in [5.74, 6) is -0.142. The summed E-state index contributed by atoms with van der Waals surface area (Å²) in [6.07, 6.45) is 11.2. The molecule has 4 aromatic heterocycles. The number of carbonyl (C=O) groups excluding carboxylic acids is 1. The highest BCUT2D eigenvalue weighted by molar-refractivity contribution is 7.15. The van der Waals surface area contributed by atoms with Crippen LogP contribution in [0.15, 0.2) is 60.1 Å². The molecule has 0 fully saturated rings. The average molecular weight is 414 g/mol. The standard InChI is InChI=1S/C22H18N6OS/c1-14-9-26-22(30-14)27(2)21(29)16-3-5-18(24-11-16)19-12-25-20-6-4-17(13-28(19)20)15-7-8-23-10-15/h3-7,9-13H,8H2,1-2H3. The topological polar surface area (TPSA) is 75.8 Å². The summed E-state index contributed by atoms with van der Waals surface area (Å²) in [4.78, 5) is 32.9. The lowest BCUT2D eigenvalue weighted by Gasteiger charge is -2.13. The van der Waals surface area contributed by atoms with Crippen molar-refractivity contribution in [3.8, 4) is 11.4 Å². The van der Waals surface area contributed by atoms with Crippen molar-refractivity contribution in [3.63, 3.8) is 0 Å². The van der Waals surface area contributed by atoms with Gasteiger partial charge in [-0.1, -0.05) is 6.08 Å². The van der Waals surface area contributed by atoms with E-state index in [1.165, 1.54) is 11.3 Å². The van der Waals surface area contributed by atoms with Crippen LogP contribution in [0.5, 0.6) is 0 Å². The summed E-state index contributed by atoms with van der Waals surface area (Å²) < 4.78 is 2.01. The lowest BCUT2D eigenvalue weighted by atomic mass is 10.1. The van der Waals surface area contributed by atoms with Crippen molar-refractivity contribution in [3.05, 3.63) is 71.1 Å². The Morgan fingerprint density at radius 3 is 2.70 bits per heavy atom. The lowest BCUT2D eigenvalue weighted by Crippen LogP contribution is -2.26. The summed E-state index contributed by atoms with van der Waals surface area (Å²) in [6, 6.07) is 7.66. The quantitative estimate of drug-likeness (QED) is 0.507. The molecule has 1 aliphatic rings. The molecular formula is C22H18N6OS. The third kappa shape index (κ3) is 3.21. The van der Waals surface area contributed by atoms with E-state index >= 15 is 0 Å². The summed E-state index contributed by atoms with van der Waals surface area (Å²) in [6.45, 7) is 2.68. The highest BCUT2D eigenvalue weighted by Gasteiger charge is 2.17. The first-order chi connectivity index (χ1) is 14.6. The van der Waals surface area contributed by atoms with Gasteiger partial charge in [-0.3, -0.25) is 24.1 Å². The number of thiazole rings is 1. The zero-order chi connectivity index (χ0) is 20.7. The van der Waals surface area contributed by atoms with Crippen molar-refractivity contribution in [2.24, 2.45) is 4.99 Å². The van der Waals surface area contributed by atoms with Crippen LogP contribution < -0.4 is 4.90 Å². The molecule has 8 heteroatoms. The monoisotopic (exact) mass is 414 g/mol. The summed E-state index contributed by atoms with van der Waals surface area (Å²) >= 11 is 1.48. The second-order valence-corrected chi connectivity index (χ2v) is 8.21. The van der Waals surface area contributed by atoms with E-state index in [0.29, 0.717) is 10.7 Å². The molecule has 0 atom stereocenters. The molecule has 0 saturated heterocycles. The maximum absolute atomic E-state index is 12.8. The largest absolute Gasteiger partial charge is 0.298 e. The fourth-order valence-electron chi connectivity index (χ4n) is 3.34. The molecule has 7 nitrogen and oxygen atoms in total. The SMILES string of the molecule is Cc1cnc(N(C)C(=O)c2ccc(-c3cnc4ccc(C5=CCN=C5)cn34)nc2)s1. The zero-order valence-electron chi connectivity index (χ0n) is 16.5. The van der Waals surface area contributed by atoms with Crippen molar-refractivity contribution < 1.29 is 4.79 Å². The number of aryl methyl sites for hydroxylation is 1. The number of imidazole rings is 1. The number of aliphatic imine (C=N–C) groups is 1.